The fraction of sp³-hybridized carbons (Fsp3) is 0. The molecule has 4 heteroatoms. The third-order valence-electron chi connectivity index (χ3n) is 6.85. The number of pyridine rings is 4. The van der Waals surface area contributed by atoms with E-state index in [9.17, 15) is 0 Å². The van der Waals surface area contributed by atoms with Gasteiger partial charge in [-0.25, -0.2) is 4.98 Å². The van der Waals surface area contributed by atoms with Gasteiger partial charge in [-0.15, -0.1) is 0 Å². The molecule has 4 aromatic heterocycles. The van der Waals surface area contributed by atoms with Gasteiger partial charge in [0.25, 0.3) is 0 Å². The van der Waals surface area contributed by atoms with Crippen LogP contribution < -0.4 is 0 Å². The molecule has 0 aliphatic carbocycles. The average molecular weight is 487 g/mol. The van der Waals surface area contributed by atoms with E-state index in [1.165, 1.54) is 0 Å². The standard InChI is InChI=1S/C34H22N4/c1-2-18-35-30(11-1)24-16-14-23(15-17-24)25-21-33(28-7-3-12-31-26(28)9-5-19-36-31)38-34(22-25)29-8-4-13-32-27(29)10-6-20-37-32/h1-22H. The molecule has 0 aliphatic heterocycles. The van der Waals surface area contributed by atoms with Crippen LogP contribution in [0.15, 0.2) is 134 Å². The van der Waals surface area contributed by atoms with Gasteiger partial charge < -0.3 is 0 Å². The molecular formula is C34H22N4. The zero-order valence-electron chi connectivity index (χ0n) is 20.5. The zero-order valence-corrected chi connectivity index (χ0v) is 20.5. The highest BCUT2D eigenvalue weighted by atomic mass is 14.7. The number of rotatable bonds is 4. The van der Waals surface area contributed by atoms with Crippen LogP contribution in [0.2, 0.25) is 0 Å². The van der Waals surface area contributed by atoms with Gasteiger partial charge in [0.05, 0.1) is 28.1 Å². The summed E-state index contributed by atoms with van der Waals surface area (Å²) in [5.41, 5.74) is 10.1. The van der Waals surface area contributed by atoms with Crippen molar-refractivity contribution in [2.45, 2.75) is 0 Å². The Hall–Kier alpha value is -5.22. The summed E-state index contributed by atoms with van der Waals surface area (Å²) in [5.74, 6) is 0. The summed E-state index contributed by atoms with van der Waals surface area (Å²) in [6.45, 7) is 0. The summed E-state index contributed by atoms with van der Waals surface area (Å²) >= 11 is 0. The minimum absolute atomic E-state index is 0.908. The van der Waals surface area contributed by atoms with E-state index in [4.69, 9.17) is 4.98 Å². The molecule has 0 fully saturated rings. The average Bonchev–Trinajstić information content (AvgIpc) is 3.01. The van der Waals surface area contributed by atoms with E-state index in [1.54, 1.807) is 0 Å². The SMILES string of the molecule is c1ccc(-c2ccc(-c3cc(-c4cccc5ncccc45)nc(-c4cccc5ncccc45)c3)cc2)nc1. The first-order valence-electron chi connectivity index (χ1n) is 12.6. The molecule has 0 atom stereocenters. The molecule has 7 rings (SSSR count). The van der Waals surface area contributed by atoms with E-state index in [2.05, 4.69) is 75.6 Å². The van der Waals surface area contributed by atoms with Crippen molar-refractivity contribution < 1.29 is 0 Å². The molecule has 0 spiro atoms. The second-order valence-electron chi connectivity index (χ2n) is 9.17. The van der Waals surface area contributed by atoms with Crippen LogP contribution in [0.4, 0.5) is 0 Å². The highest BCUT2D eigenvalue weighted by molar-refractivity contribution is 5.97. The monoisotopic (exact) mass is 486 g/mol. The topological polar surface area (TPSA) is 51.6 Å². The van der Waals surface area contributed by atoms with Gasteiger partial charge in [0, 0.05) is 46.1 Å². The summed E-state index contributed by atoms with van der Waals surface area (Å²) in [6.07, 6.45) is 5.48. The van der Waals surface area contributed by atoms with Crippen molar-refractivity contribution >= 4 is 21.8 Å². The van der Waals surface area contributed by atoms with Gasteiger partial charge in [0.2, 0.25) is 0 Å². The lowest BCUT2D eigenvalue weighted by Gasteiger charge is -2.13. The predicted octanol–water partition coefficient (Wildman–Crippen LogP) is 8.24. The molecule has 7 aromatic rings. The molecular weight excluding hydrogens is 464 g/mol. The first-order chi connectivity index (χ1) is 18.8. The Morgan fingerprint density at radius 2 is 0.947 bits per heavy atom. The largest absolute Gasteiger partial charge is 0.256 e. The van der Waals surface area contributed by atoms with E-state index in [1.807, 2.05) is 73.2 Å². The number of nitrogens with zero attached hydrogens (tertiary/aromatic N) is 4. The number of fused-ring (bicyclic) bond motifs is 2. The predicted molar refractivity (Wildman–Crippen MR) is 154 cm³/mol. The second-order valence-corrected chi connectivity index (χ2v) is 9.17. The van der Waals surface area contributed by atoms with Gasteiger partial charge in [-0.3, -0.25) is 15.0 Å². The van der Waals surface area contributed by atoms with Crippen LogP contribution in [0.25, 0.3) is 66.7 Å². The first kappa shape index (κ1) is 22.0. The first-order valence-corrected chi connectivity index (χ1v) is 12.6. The van der Waals surface area contributed by atoms with Crippen molar-refractivity contribution in [3.05, 3.63) is 134 Å². The van der Waals surface area contributed by atoms with E-state index in [-0.39, 0.29) is 0 Å². The summed E-state index contributed by atoms with van der Waals surface area (Å²) in [6, 6.07) is 39.4. The second kappa shape index (κ2) is 9.34. The van der Waals surface area contributed by atoms with Gasteiger partial charge in [-0.05, 0) is 59.7 Å². The Morgan fingerprint density at radius 1 is 0.368 bits per heavy atom. The minimum Gasteiger partial charge on any atom is -0.256 e. The van der Waals surface area contributed by atoms with Crippen LogP contribution in [0.1, 0.15) is 0 Å². The van der Waals surface area contributed by atoms with Crippen LogP contribution in [0.3, 0.4) is 0 Å². The van der Waals surface area contributed by atoms with Crippen molar-refractivity contribution in [3.8, 4) is 44.9 Å². The third-order valence-corrected chi connectivity index (χ3v) is 6.85. The van der Waals surface area contributed by atoms with Gasteiger partial charge in [0.15, 0.2) is 0 Å². The maximum absolute atomic E-state index is 5.20. The molecule has 4 heterocycles. The fourth-order valence-corrected chi connectivity index (χ4v) is 4.99. The molecule has 0 saturated heterocycles. The highest BCUT2D eigenvalue weighted by Crippen LogP contribution is 2.35. The minimum atomic E-state index is 0.908. The Labute approximate surface area is 220 Å². The normalized spacial score (nSPS) is 11.2. The summed E-state index contributed by atoms with van der Waals surface area (Å²) < 4.78 is 0. The Morgan fingerprint density at radius 3 is 1.53 bits per heavy atom. The van der Waals surface area contributed by atoms with Crippen LogP contribution in [-0.4, -0.2) is 19.9 Å². The molecule has 4 nitrogen and oxygen atoms in total. The van der Waals surface area contributed by atoms with Gasteiger partial charge in [0.1, 0.15) is 0 Å². The summed E-state index contributed by atoms with van der Waals surface area (Å²) in [7, 11) is 0. The van der Waals surface area contributed by atoms with E-state index >= 15 is 0 Å². The fourth-order valence-electron chi connectivity index (χ4n) is 4.99. The van der Waals surface area contributed by atoms with Crippen LogP contribution in [-0.2, 0) is 0 Å². The van der Waals surface area contributed by atoms with Gasteiger partial charge in [-0.2, -0.15) is 0 Å². The molecule has 0 N–H and O–H groups in total. The van der Waals surface area contributed by atoms with Crippen LogP contribution in [0.5, 0.6) is 0 Å². The number of aromatic nitrogens is 4. The van der Waals surface area contributed by atoms with Crippen molar-refractivity contribution in [3.63, 3.8) is 0 Å². The molecule has 178 valence electrons. The highest BCUT2D eigenvalue weighted by Gasteiger charge is 2.13. The molecule has 0 aliphatic rings. The van der Waals surface area contributed by atoms with Crippen molar-refractivity contribution in [1.29, 1.82) is 0 Å². The molecule has 0 radical (unpaired) electrons. The summed E-state index contributed by atoms with van der Waals surface area (Å²) in [4.78, 5) is 18.8. The number of hydrogen-bond donors (Lipinski definition) is 0. The lowest BCUT2D eigenvalue weighted by atomic mass is 9.96. The number of benzene rings is 3. The smallest absolute Gasteiger partial charge is 0.0722 e. The third kappa shape index (κ3) is 3.98. The van der Waals surface area contributed by atoms with Crippen LogP contribution in [0, 0.1) is 0 Å². The van der Waals surface area contributed by atoms with Crippen molar-refractivity contribution in [2.24, 2.45) is 0 Å². The van der Waals surface area contributed by atoms with Gasteiger partial charge in [-0.1, -0.05) is 66.7 Å². The molecule has 0 saturated carbocycles. The van der Waals surface area contributed by atoms with E-state index in [0.717, 1.165) is 66.7 Å². The maximum Gasteiger partial charge on any atom is 0.0722 e. The Bertz CT molecular complexity index is 1800. The number of hydrogen-bond acceptors (Lipinski definition) is 4. The Balaban J connectivity index is 1.44. The quantitative estimate of drug-likeness (QED) is 0.251. The Kier molecular flexibility index (Phi) is 5.41. The van der Waals surface area contributed by atoms with Gasteiger partial charge >= 0.3 is 0 Å². The molecule has 3 aromatic carbocycles. The molecule has 0 amide bonds. The summed E-state index contributed by atoms with van der Waals surface area (Å²) in [5, 5.41) is 2.16. The van der Waals surface area contributed by atoms with Crippen molar-refractivity contribution in [2.75, 3.05) is 0 Å². The molecule has 0 unspecified atom stereocenters. The van der Waals surface area contributed by atoms with Crippen molar-refractivity contribution in [1.82, 2.24) is 19.9 Å². The van der Waals surface area contributed by atoms with E-state index < -0.39 is 0 Å². The van der Waals surface area contributed by atoms with E-state index in [0.29, 0.717) is 0 Å². The zero-order chi connectivity index (χ0) is 25.3. The lowest BCUT2D eigenvalue weighted by Crippen LogP contribution is -1.93. The molecule has 38 heavy (non-hydrogen) atoms. The lowest BCUT2D eigenvalue weighted by molar-refractivity contribution is 1.32. The molecule has 0 bridgehead atoms. The maximum atomic E-state index is 5.20. The van der Waals surface area contributed by atoms with Crippen LogP contribution >= 0.6 is 0 Å².